The summed E-state index contributed by atoms with van der Waals surface area (Å²) in [6.45, 7) is 5.27. The van der Waals surface area contributed by atoms with Crippen molar-refractivity contribution in [3.05, 3.63) is 65.6 Å². The number of benzene rings is 1. The fraction of sp³-hybridized carbons (Fsp3) is 0.286. The van der Waals surface area contributed by atoms with Crippen LogP contribution in [-0.2, 0) is 4.74 Å². The molecule has 1 N–H and O–H groups in total. The number of carbonyl (C=O) groups excluding carboxylic acids is 1. The van der Waals surface area contributed by atoms with Gasteiger partial charge in [-0.2, -0.15) is 5.10 Å². The van der Waals surface area contributed by atoms with Gasteiger partial charge in [-0.25, -0.2) is 9.67 Å². The first kappa shape index (κ1) is 18.2. The van der Waals surface area contributed by atoms with Crippen molar-refractivity contribution in [3.63, 3.8) is 0 Å². The quantitative estimate of drug-likeness (QED) is 0.737. The number of carbonyl (C=O) groups is 1. The molecule has 3 heterocycles. The molecule has 4 rings (SSSR count). The Labute approximate surface area is 163 Å². The van der Waals surface area contributed by atoms with E-state index in [1.54, 1.807) is 23.0 Å². The van der Waals surface area contributed by atoms with E-state index < -0.39 is 0 Å². The van der Waals surface area contributed by atoms with Crippen molar-refractivity contribution < 1.29 is 14.3 Å². The van der Waals surface area contributed by atoms with Crippen molar-refractivity contribution in [1.82, 2.24) is 14.8 Å². The molecule has 0 radical (unpaired) electrons. The number of hydrogen-bond donors (Lipinski definition) is 1. The van der Waals surface area contributed by atoms with Crippen LogP contribution in [0.15, 0.2) is 48.7 Å². The molecule has 144 valence electrons. The lowest BCUT2D eigenvalue weighted by molar-refractivity contribution is 0.102. The molecule has 0 spiro atoms. The van der Waals surface area contributed by atoms with Gasteiger partial charge in [0.15, 0.2) is 5.82 Å². The third-order valence-electron chi connectivity index (χ3n) is 4.54. The number of nitrogens with zero attached hydrogens (tertiary/aromatic N) is 3. The van der Waals surface area contributed by atoms with Crippen molar-refractivity contribution in [2.45, 2.75) is 26.4 Å². The molecule has 28 heavy (non-hydrogen) atoms. The first-order valence-electron chi connectivity index (χ1n) is 9.24. The Balaban J connectivity index is 1.39. The summed E-state index contributed by atoms with van der Waals surface area (Å²) in [5.41, 5.74) is 3.10. The number of rotatable bonds is 5. The van der Waals surface area contributed by atoms with E-state index in [2.05, 4.69) is 15.4 Å². The summed E-state index contributed by atoms with van der Waals surface area (Å²) in [4.78, 5) is 16.8. The van der Waals surface area contributed by atoms with Gasteiger partial charge in [0, 0.05) is 24.0 Å². The smallest absolute Gasteiger partial charge is 0.257 e. The molecule has 3 aromatic rings. The number of anilines is 1. The van der Waals surface area contributed by atoms with E-state index in [0.717, 1.165) is 30.2 Å². The lowest BCUT2D eigenvalue weighted by atomic mass is 10.2. The highest BCUT2D eigenvalue weighted by Gasteiger charge is 2.17. The lowest BCUT2D eigenvalue weighted by Crippen LogP contribution is -2.16. The maximum atomic E-state index is 12.5. The fourth-order valence-corrected chi connectivity index (χ4v) is 3.12. The second-order valence-corrected chi connectivity index (χ2v) is 6.83. The van der Waals surface area contributed by atoms with Crippen LogP contribution in [0.4, 0.5) is 5.69 Å². The molecule has 1 saturated heterocycles. The van der Waals surface area contributed by atoms with E-state index >= 15 is 0 Å². The minimum absolute atomic E-state index is 0.104. The molecular formula is C21H22N4O3. The Morgan fingerprint density at radius 1 is 1.21 bits per heavy atom. The van der Waals surface area contributed by atoms with E-state index in [1.165, 1.54) is 0 Å². The fourth-order valence-electron chi connectivity index (χ4n) is 3.12. The van der Waals surface area contributed by atoms with Crippen LogP contribution >= 0.6 is 0 Å². The molecule has 7 nitrogen and oxygen atoms in total. The van der Waals surface area contributed by atoms with Gasteiger partial charge in [-0.1, -0.05) is 0 Å². The Kier molecular flexibility index (Phi) is 5.08. The van der Waals surface area contributed by atoms with Crippen molar-refractivity contribution >= 4 is 11.6 Å². The molecule has 1 aliphatic rings. The maximum Gasteiger partial charge on any atom is 0.257 e. The van der Waals surface area contributed by atoms with Crippen molar-refractivity contribution in [3.8, 4) is 11.6 Å². The molecule has 1 aliphatic heterocycles. The van der Waals surface area contributed by atoms with Gasteiger partial charge in [0.2, 0.25) is 0 Å². The number of aromatic nitrogens is 3. The molecular weight excluding hydrogens is 356 g/mol. The number of pyridine rings is 1. The normalized spacial score (nSPS) is 16.1. The average Bonchev–Trinajstić information content (AvgIpc) is 3.32. The van der Waals surface area contributed by atoms with Crippen LogP contribution in [-0.4, -0.2) is 40.0 Å². The summed E-state index contributed by atoms with van der Waals surface area (Å²) < 4.78 is 12.9. The predicted molar refractivity (Wildman–Crippen MR) is 105 cm³/mol. The van der Waals surface area contributed by atoms with Gasteiger partial charge in [-0.3, -0.25) is 4.79 Å². The lowest BCUT2D eigenvalue weighted by Gasteiger charge is -2.12. The zero-order valence-corrected chi connectivity index (χ0v) is 15.9. The predicted octanol–water partition coefficient (Wildman–Crippen LogP) is 3.30. The molecule has 0 bridgehead atoms. The van der Waals surface area contributed by atoms with E-state index in [-0.39, 0.29) is 12.0 Å². The molecule has 1 fully saturated rings. The SMILES string of the molecule is Cc1cc(C)n(-c2ccc(C(=O)Nc3ccc(OC4CCOC4)cc3)cn2)n1. The van der Waals surface area contributed by atoms with Crippen LogP contribution in [0.2, 0.25) is 0 Å². The zero-order chi connectivity index (χ0) is 19.5. The molecule has 1 atom stereocenters. The number of hydrogen-bond acceptors (Lipinski definition) is 5. The zero-order valence-electron chi connectivity index (χ0n) is 15.9. The Hall–Kier alpha value is -3.19. The van der Waals surface area contributed by atoms with Crippen LogP contribution in [0.5, 0.6) is 5.75 Å². The molecule has 7 heteroatoms. The monoisotopic (exact) mass is 378 g/mol. The van der Waals surface area contributed by atoms with Gasteiger partial charge in [0.1, 0.15) is 11.9 Å². The molecule has 1 aromatic carbocycles. The summed E-state index contributed by atoms with van der Waals surface area (Å²) in [7, 11) is 0. The topological polar surface area (TPSA) is 78.3 Å². The molecule has 0 saturated carbocycles. The third kappa shape index (κ3) is 4.04. The highest BCUT2D eigenvalue weighted by Crippen LogP contribution is 2.20. The van der Waals surface area contributed by atoms with Crippen LogP contribution < -0.4 is 10.1 Å². The van der Waals surface area contributed by atoms with Gasteiger partial charge >= 0.3 is 0 Å². The molecule has 1 amide bonds. The van der Waals surface area contributed by atoms with Crippen LogP contribution in [0.1, 0.15) is 28.2 Å². The number of nitrogens with one attached hydrogen (secondary N) is 1. The highest BCUT2D eigenvalue weighted by atomic mass is 16.5. The maximum absolute atomic E-state index is 12.5. The Morgan fingerprint density at radius 2 is 2.04 bits per heavy atom. The minimum atomic E-state index is -0.217. The van der Waals surface area contributed by atoms with E-state index in [1.807, 2.05) is 44.2 Å². The van der Waals surface area contributed by atoms with Gasteiger partial charge in [0.25, 0.3) is 5.91 Å². The Bertz CT molecular complexity index is 958. The minimum Gasteiger partial charge on any atom is -0.488 e. The largest absolute Gasteiger partial charge is 0.488 e. The van der Waals surface area contributed by atoms with Crippen LogP contribution in [0.3, 0.4) is 0 Å². The van der Waals surface area contributed by atoms with Crippen LogP contribution in [0.25, 0.3) is 5.82 Å². The van der Waals surface area contributed by atoms with E-state index in [9.17, 15) is 4.79 Å². The molecule has 1 unspecified atom stereocenters. The summed E-state index contributed by atoms with van der Waals surface area (Å²) in [5, 5.41) is 7.27. The van der Waals surface area contributed by atoms with Crippen molar-refractivity contribution in [2.24, 2.45) is 0 Å². The standard InChI is InChI=1S/C21H22N4O3/c1-14-11-15(2)25(24-14)20-8-3-16(12-22-20)21(26)23-17-4-6-18(7-5-17)28-19-9-10-27-13-19/h3-8,11-12,19H,9-10,13H2,1-2H3,(H,23,26). The average molecular weight is 378 g/mol. The highest BCUT2D eigenvalue weighted by molar-refractivity contribution is 6.04. The van der Waals surface area contributed by atoms with E-state index in [0.29, 0.717) is 23.7 Å². The summed E-state index contributed by atoms with van der Waals surface area (Å²) >= 11 is 0. The first-order valence-corrected chi connectivity index (χ1v) is 9.24. The third-order valence-corrected chi connectivity index (χ3v) is 4.54. The van der Waals surface area contributed by atoms with Gasteiger partial charge in [-0.15, -0.1) is 0 Å². The summed E-state index contributed by atoms with van der Waals surface area (Å²) in [6.07, 6.45) is 2.56. The number of ether oxygens (including phenoxy) is 2. The summed E-state index contributed by atoms with van der Waals surface area (Å²) in [5.74, 6) is 1.23. The number of aryl methyl sites for hydroxylation is 2. The second-order valence-electron chi connectivity index (χ2n) is 6.83. The van der Waals surface area contributed by atoms with E-state index in [4.69, 9.17) is 9.47 Å². The van der Waals surface area contributed by atoms with Gasteiger partial charge < -0.3 is 14.8 Å². The van der Waals surface area contributed by atoms with Gasteiger partial charge in [0.05, 0.1) is 24.5 Å². The second kappa shape index (κ2) is 7.82. The molecule has 2 aromatic heterocycles. The first-order chi connectivity index (χ1) is 13.6. The van der Waals surface area contributed by atoms with Crippen molar-refractivity contribution in [1.29, 1.82) is 0 Å². The number of amides is 1. The Morgan fingerprint density at radius 3 is 2.64 bits per heavy atom. The van der Waals surface area contributed by atoms with Gasteiger partial charge in [-0.05, 0) is 56.3 Å². The van der Waals surface area contributed by atoms with Crippen molar-refractivity contribution in [2.75, 3.05) is 18.5 Å². The summed E-state index contributed by atoms with van der Waals surface area (Å²) in [6, 6.07) is 12.8. The van der Waals surface area contributed by atoms with Crippen LogP contribution in [0, 0.1) is 13.8 Å². The molecule has 0 aliphatic carbocycles.